The van der Waals surface area contributed by atoms with E-state index in [1.165, 1.54) is 12.1 Å². The summed E-state index contributed by atoms with van der Waals surface area (Å²) >= 11 is 0. The molecule has 1 heterocycles. The summed E-state index contributed by atoms with van der Waals surface area (Å²) < 4.78 is 13.2. The van der Waals surface area contributed by atoms with Gasteiger partial charge in [0, 0.05) is 0 Å². The van der Waals surface area contributed by atoms with Crippen molar-refractivity contribution >= 4 is 6.08 Å². The lowest BCUT2D eigenvalue weighted by molar-refractivity contribution is 0.00550. The van der Waals surface area contributed by atoms with Crippen molar-refractivity contribution in [1.29, 1.82) is 0 Å². The van der Waals surface area contributed by atoms with Crippen LogP contribution < -0.4 is 5.32 Å². The Morgan fingerprint density at radius 2 is 2.06 bits per heavy atom. The summed E-state index contributed by atoms with van der Waals surface area (Å²) in [4.78, 5) is 0. The first-order valence-electron chi connectivity index (χ1n) is 5.51. The molecule has 0 aromatic heterocycles. The van der Waals surface area contributed by atoms with Gasteiger partial charge in [-0.25, -0.2) is 4.39 Å². The highest BCUT2D eigenvalue weighted by Gasteiger charge is 2.32. The first-order valence-corrected chi connectivity index (χ1v) is 5.51. The van der Waals surface area contributed by atoms with Crippen LogP contribution in [0.2, 0.25) is 0 Å². The lowest BCUT2D eigenvalue weighted by Crippen LogP contribution is -2.40. The van der Waals surface area contributed by atoms with E-state index >= 15 is 0 Å². The van der Waals surface area contributed by atoms with Crippen molar-refractivity contribution in [3.8, 4) is 0 Å². The van der Waals surface area contributed by atoms with Gasteiger partial charge in [0.25, 0.3) is 0 Å². The molecule has 2 nitrogen and oxygen atoms in total. The van der Waals surface area contributed by atoms with Crippen LogP contribution in [0.25, 0.3) is 6.08 Å². The average molecular weight is 221 g/mol. The first-order chi connectivity index (χ1) is 7.65. The van der Waals surface area contributed by atoms with Gasteiger partial charge in [0.2, 0.25) is 0 Å². The molecule has 1 fully saturated rings. The Morgan fingerprint density at radius 1 is 1.38 bits per heavy atom. The third-order valence-corrected chi connectivity index (χ3v) is 3.17. The van der Waals surface area contributed by atoms with Crippen molar-refractivity contribution in [3.63, 3.8) is 0 Å². The molecule has 1 aliphatic heterocycles. The Labute approximate surface area is 94.8 Å². The number of hydrogen-bond donors (Lipinski definition) is 2. The lowest BCUT2D eigenvalue weighted by Gasteiger charge is -2.34. The molecule has 0 amide bonds. The molecule has 2 rings (SSSR count). The molecule has 0 radical (unpaired) electrons. The average Bonchev–Trinajstić information content (AvgIpc) is 2.30. The molecule has 1 aliphatic rings. The largest absolute Gasteiger partial charge is 0.385 e. The fourth-order valence-corrected chi connectivity index (χ4v) is 2.22. The van der Waals surface area contributed by atoms with Crippen LogP contribution in [0.15, 0.2) is 24.8 Å². The second kappa shape index (κ2) is 4.36. The van der Waals surface area contributed by atoms with Gasteiger partial charge in [0.15, 0.2) is 0 Å². The number of rotatable bonds is 2. The SMILES string of the molecule is C=Cc1ccc(F)cc1C1(O)CCNCC1. The second-order valence-electron chi connectivity index (χ2n) is 4.22. The molecule has 0 unspecified atom stereocenters. The standard InChI is InChI=1S/C13H16FNO/c1-2-10-3-4-11(14)9-12(10)13(16)5-7-15-8-6-13/h2-4,9,15-16H,1,5-8H2. The number of benzene rings is 1. The maximum atomic E-state index is 13.2. The smallest absolute Gasteiger partial charge is 0.123 e. The van der Waals surface area contributed by atoms with Gasteiger partial charge in [0.05, 0.1) is 5.60 Å². The molecule has 0 spiro atoms. The maximum absolute atomic E-state index is 13.2. The van der Waals surface area contributed by atoms with Crippen molar-refractivity contribution < 1.29 is 9.50 Å². The van der Waals surface area contributed by atoms with Crippen LogP contribution >= 0.6 is 0 Å². The van der Waals surface area contributed by atoms with Crippen LogP contribution in [0.5, 0.6) is 0 Å². The molecule has 0 saturated carbocycles. The van der Waals surface area contributed by atoms with Crippen LogP contribution in [-0.4, -0.2) is 18.2 Å². The second-order valence-corrected chi connectivity index (χ2v) is 4.22. The van der Waals surface area contributed by atoms with Crippen LogP contribution in [-0.2, 0) is 5.60 Å². The van der Waals surface area contributed by atoms with E-state index in [9.17, 15) is 9.50 Å². The number of aliphatic hydroxyl groups is 1. The van der Waals surface area contributed by atoms with E-state index in [0.717, 1.165) is 18.7 Å². The molecule has 1 aromatic carbocycles. The topological polar surface area (TPSA) is 32.3 Å². The third-order valence-electron chi connectivity index (χ3n) is 3.17. The molecular formula is C13H16FNO. The minimum atomic E-state index is -0.920. The summed E-state index contributed by atoms with van der Waals surface area (Å²) in [5.74, 6) is -0.312. The Hall–Kier alpha value is -1.19. The molecule has 0 atom stereocenters. The van der Waals surface area contributed by atoms with Gasteiger partial charge in [-0.3, -0.25) is 0 Å². The van der Waals surface area contributed by atoms with E-state index in [1.54, 1.807) is 12.1 Å². The lowest BCUT2D eigenvalue weighted by atomic mass is 9.82. The van der Waals surface area contributed by atoms with E-state index in [0.29, 0.717) is 18.4 Å². The zero-order valence-corrected chi connectivity index (χ0v) is 9.17. The van der Waals surface area contributed by atoms with Gasteiger partial charge < -0.3 is 10.4 Å². The fraction of sp³-hybridized carbons (Fsp3) is 0.385. The molecule has 86 valence electrons. The molecular weight excluding hydrogens is 205 g/mol. The Kier molecular flexibility index (Phi) is 3.08. The molecule has 3 heteroatoms. The summed E-state index contributed by atoms with van der Waals surface area (Å²) in [7, 11) is 0. The maximum Gasteiger partial charge on any atom is 0.123 e. The summed E-state index contributed by atoms with van der Waals surface area (Å²) in [6.07, 6.45) is 2.88. The zero-order chi connectivity index (χ0) is 11.6. The number of piperidine rings is 1. The quantitative estimate of drug-likeness (QED) is 0.801. The Bertz CT molecular complexity index is 397. The Morgan fingerprint density at radius 3 is 2.69 bits per heavy atom. The van der Waals surface area contributed by atoms with Crippen LogP contribution in [0.4, 0.5) is 4.39 Å². The van der Waals surface area contributed by atoms with E-state index in [-0.39, 0.29) is 5.82 Å². The van der Waals surface area contributed by atoms with Crippen molar-refractivity contribution in [2.75, 3.05) is 13.1 Å². The molecule has 1 aromatic rings. The fourth-order valence-electron chi connectivity index (χ4n) is 2.22. The molecule has 0 aliphatic carbocycles. The highest BCUT2D eigenvalue weighted by Crippen LogP contribution is 2.33. The predicted molar refractivity (Wildman–Crippen MR) is 62.5 cm³/mol. The van der Waals surface area contributed by atoms with E-state index in [1.807, 2.05) is 0 Å². The number of halogens is 1. The molecule has 16 heavy (non-hydrogen) atoms. The van der Waals surface area contributed by atoms with Crippen LogP contribution in [0, 0.1) is 5.82 Å². The molecule has 1 saturated heterocycles. The van der Waals surface area contributed by atoms with Crippen LogP contribution in [0.3, 0.4) is 0 Å². The normalized spacial score (nSPS) is 19.4. The highest BCUT2D eigenvalue weighted by molar-refractivity contribution is 5.54. The van der Waals surface area contributed by atoms with E-state index < -0.39 is 5.60 Å². The predicted octanol–water partition coefficient (Wildman–Crippen LogP) is 2.04. The first kappa shape index (κ1) is 11.3. The minimum absolute atomic E-state index is 0.312. The van der Waals surface area contributed by atoms with Gasteiger partial charge in [-0.2, -0.15) is 0 Å². The van der Waals surface area contributed by atoms with Crippen molar-refractivity contribution in [2.24, 2.45) is 0 Å². The van der Waals surface area contributed by atoms with E-state index in [2.05, 4.69) is 11.9 Å². The third kappa shape index (κ3) is 2.01. The minimum Gasteiger partial charge on any atom is -0.385 e. The molecule has 2 N–H and O–H groups in total. The van der Waals surface area contributed by atoms with Gasteiger partial charge in [-0.05, 0) is 49.2 Å². The summed E-state index contributed by atoms with van der Waals surface area (Å²) in [6, 6.07) is 4.48. The van der Waals surface area contributed by atoms with E-state index in [4.69, 9.17) is 0 Å². The van der Waals surface area contributed by atoms with Gasteiger partial charge in [-0.1, -0.05) is 18.7 Å². The monoisotopic (exact) mass is 221 g/mol. The number of nitrogens with one attached hydrogen (secondary N) is 1. The number of hydrogen-bond acceptors (Lipinski definition) is 2. The summed E-state index contributed by atoms with van der Waals surface area (Å²) in [5.41, 5.74) is 0.548. The zero-order valence-electron chi connectivity index (χ0n) is 9.17. The van der Waals surface area contributed by atoms with Crippen molar-refractivity contribution in [3.05, 3.63) is 41.7 Å². The summed E-state index contributed by atoms with van der Waals surface area (Å²) in [6.45, 7) is 5.21. The van der Waals surface area contributed by atoms with Crippen molar-refractivity contribution in [2.45, 2.75) is 18.4 Å². The van der Waals surface area contributed by atoms with Crippen molar-refractivity contribution in [1.82, 2.24) is 5.32 Å². The summed E-state index contributed by atoms with van der Waals surface area (Å²) in [5, 5.41) is 13.7. The van der Waals surface area contributed by atoms with Gasteiger partial charge in [-0.15, -0.1) is 0 Å². The van der Waals surface area contributed by atoms with Gasteiger partial charge in [0.1, 0.15) is 5.82 Å². The highest BCUT2D eigenvalue weighted by atomic mass is 19.1. The van der Waals surface area contributed by atoms with Gasteiger partial charge >= 0.3 is 0 Å². The Balaban J connectivity index is 2.44. The van der Waals surface area contributed by atoms with Crippen LogP contribution in [0.1, 0.15) is 24.0 Å². The molecule has 0 bridgehead atoms.